The van der Waals surface area contributed by atoms with Gasteiger partial charge in [0.2, 0.25) is 0 Å². The Morgan fingerprint density at radius 1 is 0.944 bits per heavy atom. The maximum absolute atomic E-state index is 11.5. The van der Waals surface area contributed by atoms with Crippen LogP contribution in [-0.4, -0.2) is 17.9 Å². The number of carbonyl (C=O) groups excluding carboxylic acids is 2. The largest absolute Gasteiger partial charge is 0.460 e. The van der Waals surface area contributed by atoms with E-state index in [2.05, 4.69) is 0 Å². The lowest BCUT2D eigenvalue weighted by atomic mass is 10.1. The van der Waals surface area contributed by atoms with Crippen LogP contribution < -0.4 is 0 Å². The summed E-state index contributed by atoms with van der Waals surface area (Å²) in [5.41, 5.74) is 0. The van der Waals surface area contributed by atoms with Crippen molar-refractivity contribution in [2.45, 2.75) is 70.8 Å². The molecule has 0 spiro atoms. The highest BCUT2D eigenvalue weighted by Gasteiger charge is 2.07. The van der Waals surface area contributed by atoms with Gasteiger partial charge < -0.3 is 4.74 Å². The molecule has 0 saturated heterocycles. The van der Waals surface area contributed by atoms with Crippen LogP contribution in [0.2, 0.25) is 0 Å². The highest BCUT2D eigenvalue weighted by atomic mass is 16.5. The van der Waals surface area contributed by atoms with Crippen LogP contribution >= 0.6 is 0 Å². The van der Waals surface area contributed by atoms with Gasteiger partial charge in [-0.1, -0.05) is 32.1 Å². The van der Waals surface area contributed by atoms with Gasteiger partial charge in [-0.3, -0.25) is 4.79 Å². The molecule has 0 fully saturated rings. The van der Waals surface area contributed by atoms with Crippen molar-refractivity contribution in [3.05, 3.63) is 12.2 Å². The summed E-state index contributed by atoms with van der Waals surface area (Å²) in [7, 11) is 0. The van der Waals surface area contributed by atoms with E-state index in [4.69, 9.17) is 4.74 Å². The Bertz CT molecular complexity index is 294. The van der Waals surface area contributed by atoms with E-state index in [0.717, 1.165) is 25.7 Å². The molecule has 1 atom stereocenters. The lowest BCUT2D eigenvalue weighted by Crippen LogP contribution is -2.13. The summed E-state index contributed by atoms with van der Waals surface area (Å²) in [6.45, 7) is 1.91. The number of carbonyl (C=O) groups is 2. The quantitative estimate of drug-likeness (QED) is 0.619. The predicted molar refractivity (Wildman–Crippen MR) is 71.3 cm³/mol. The minimum Gasteiger partial charge on any atom is -0.460 e. The zero-order valence-electron chi connectivity index (χ0n) is 11.3. The minimum absolute atomic E-state index is 0.0227. The average molecular weight is 252 g/mol. The molecule has 102 valence electrons. The van der Waals surface area contributed by atoms with Crippen molar-refractivity contribution in [2.75, 3.05) is 0 Å². The second kappa shape index (κ2) is 8.90. The molecule has 0 aliphatic carbocycles. The maximum Gasteiger partial charge on any atom is 0.331 e. The standard InChI is InChI=1S/C15H24O3/c1-13-9-7-5-3-2-4-6-8-10-14(16)11-12-15(17)18-13/h11-13H,2-10H2,1H3/b12-11+. The monoisotopic (exact) mass is 252 g/mol. The SMILES string of the molecule is CC1CCCCCCCCCC(=O)/C=C/C(=O)O1. The third-order valence-electron chi connectivity index (χ3n) is 3.26. The van der Waals surface area contributed by atoms with Crippen molar-refractivity contribution >= 4 is 11.8 Å². The van der Waals surface area contributed by atoms with E-state index in [1.165, 1.54) is 37.8 Å². The molecule has 0 amide bonds. The van der Waals surface area contributed by atoms with Crippen LogP contribution in [0.15, 0.2) is 12.2 Å². The Labute approximate surface area is 110 Å². The normalized spacial score (nSPS) is 26.8. The Kier molecular flexibility index (Phi) is 7.38. The molecule has 3 nitrogen and oxygen atoms in total. The number of hydrogen-bond acceptors (Lipinski definition) is 3. The molecule has 0 bridgehead atoms. The summed E-state index contributed by atoms with van der Waals surface area (Å²) < 4.78 is 5.20. The van der Waals surface area contributed by atoms with E-state index in [1.54, 1.807) is 0 Å². The third-order valence-corrected chi connectivity index (χ3v) is 3.26. The topological polar surface area (TPSA) is 43.4 Å². The molecule has 0 saturated carbocycles. The van der Waals surface area contributed by atoms with Crippen molar-refractivity contribution in [2.24, 2.45) is 0 Å². The Balaban J connectivity index is 2.44. The summed E-state index contributed by atoms with van der Waals surface area (Å²) in [5.74, 6) is -0.375. The van der Waals surface area contributed by atoms with E-state index in [0.29, 0.717) is 6.42 Å². The van der Waals surface area contributed by atoms with Crippen molar-refractivity contribution in [3.8, 4) is 0 Å². The molecule has 1 heterocycles. The van der Waals surface area contributed by atoms with Crippen LogP contribution in [-0.2, 0) is 14.3 Å². The summed E-state index contributed by atoms with van der Waals surface area (Å²) in [6.07, 6.45) is 12.1. The highest BCUT2D eigenvalue weighted by molar-refractivity contribution is 5.95. The maximum atomic E-state index is 11.5. The van der Waals surface area contributed by atoms with Crippen LogP contribution in [0.25, 0.3) is 0 Å². The molecular formula is C15H24O3. The summed E-state index contributed by atoms with van der Waals surface area (Å²) in [5, 5.41) is 0. The number of hydrogen-bond donors (Lipinski definition) is 0. The van der Waals surface area contributed by atoms with Gasteiger partial charge in [0.25, 0.3) is 0 Å². The molecule has 1 aliphatic heterocycles. The van der Waals surface area contributed by atoms with E-state index in [-0.39, 0.29) is 11.9 Å². The molecule has 1 aliphatic rings. The fourth-order valence-electron chi connectivity index (χ4n) is 2.16. The number of allylic oxidation sites excluding steroid dienone is 1. The molecule has 3 heteroatoms. The number of cyclic esters (lactones) is 1. The fourth-order valence-corrected chi connectivity index (χ4v) is 2.16. The average Bonchev–Trinajstić information content (AvgIpc) is 2.33. The Hall–Kier alpha value is -1.12. The van der Waals surface area contributed by atoms with Crippen molar-refractivity contribution in [3.63, 3.8) is 0 Å². The molecule has 0 aromatic rings. The second-order valence-electron chi connectivity index (χ2n) is 5.06. The van der Waals surface area contributed by atoms with Gasteiger partial charge in [0.15, 0.2) is 5.78 Å². The molecule has 1 rings (SSSR count). The van der Waals surface area contributed by atoms with E-state index >= 15 is 0 Å². The van der Waals surface area contributed by atoms with Gasteiger partial charge in [0.1, 0.15) is 0 Å². The minimum atomic E-state index is -0.397. The zero-order chi connectivity index (χ0) is 13.2. The van der Waals surface area contributed by atoms with Crippen molar-refractivity contribution < 1.29 is 14.3 Å². The predicted octanol–water partition coefficient (Wildman–Crippen LogP) is 3.57. The smallest absolute Gasteiger partial charge is 0.331 e. The Morgan fingerprint density at radius 2 is 1.56 bits per heavy atom. The molecule has 0 N–H and O–H groups in total. The third kappa shape index (κ3) is 7.25. The van der Waals surface area contributed by atoms with Crippen LogP contribution in [0, 0.1) is 0 Å². The number of ketones is 1. The van der Waals surface area contributed by atoms with Gasteiger partial charge in [-0.05, 0) is 32.3 Å². The van der Waals surface area contributed by atoms with E-state index in [9.17, 15) is 9.59 Å². The van der Waals surface area contributed by atoms with Crippen LogP contribution in [0.1, 0.15) is 64.7 Å². The molecule has 0 aromatic carbocycles. The van der Waals surface area contributed by atoms with Gasteiger partial charge in [0.05, 0.1) is 6.10 Å². The highest BCUT2D eigenvalue weighted by Crippen LogP contribution is 2.12. The van der Waals surface area contributed by atoms with Gasteiger partial charge >= 0.3 is 5.97 Å². The molecule has 0 aromatic heterocycles. The van der Waals surface area contributed by atoms with Gasteiger partial charge in [-0.25, -0.2) is 4.79 Å². The summed E-state index contributed by atoms with van der Waals surface area (Å²) >= 11 is 0. The number of esters is 1. The second-order valence-corrected chi connectivity index (χ2v) is 5.06. The van der Waals surface area contributed by atoms with E-state index < -0.39 is 5.97 Å². The van der Waals surface area contributed by atoms with Crippen LogP contribution in [0.3, 0.4) is 0 Å². The van der Waals surface area contributed by atoms with Crippen LogP contribution in [0.5, 0.6) is 0 Å². The summed E-state index contributed by atoms with van der Waals surface area (Å²) in [4.78, 5) is 22.9. The van der Waals surface area contributed by atoms with Gasteiger partial charge in [-0.15, -0.1) is 0 Å². The molecule has 18 heavy (non-hydrogen) atoms. The van der Waals surface area contributed by atoms with Gasteiger partial charge in [0, 0.05) is 12.5 Å². The van der Waals surface area contributed by atoms with E-state index in [1.807, 2.05) is 6.92 Å². The first-order chi connectivity index (χ1) is 8.68. The Morgan fingerprint density at radius 3 is 2.28 bits per heavy atom. The van der Waals surface area contributed by atoms with Crippen LogP contribution in [0.4, 0.5) is 0 Å². The summed E-state index contributed by atoms with van der Waals surface area (Å²) in [6, 6.07) is 0. The lowest BCUT2D eigenvalue weighted by molar-refractivity contribution is -0.142. The molecule has 0 radical (unpaired) electrons. The zero-order valence-corrected chi connectivity index (χ0v) is 11.3. The first-order valence-electron chi connectivity index (χ1n) is 7.10. The first kappa shape index (κ1) is 14.9. The van der Waals surface area contributed by atoms with Crippen molar-refractivity contribution in [1.29, 1.82) is 0 Å². The fraction of sp³-hybridized carbons (Fsp3) is 0.733. The first-order valence-corrected chi connectivity index (χ1v) is 7.10. The molecular weight excluding hydrogens is 228 g/mol. The number of rotatable bonds is 0. The van der Waals surface area contributed by atoms with Crippen molar-refractivity contribution in [1.82, 2.24) is 0 Å². The molecule has 1 unspecified atom stereocenters. The van der Waals surface area contributed by atoms with Gasteiger partial charge in [-0.2, -0.15) is 0 Å². The number of ether oxygens (including phenoxy) is 1. The lowest BCUT2D eigenvalue weighted by Gasteiger charge is -2.11.